The first-order chi connectivity index (χ1) is 22.8. The number of hydrogen-bond donors (Lipinski definition) is 0. The lowest BCUT2D eigenvalue weighted by Gasteiger charge is -2.11. The maximum atomic E-state index is 6.68. The molecule has 0 aliphatic carbocycles. The zero-order chi connectivity index (χ0) is 30.5. The van der Waals surface area contributed by atoms with E-state index in [0.717, 1.165) is 55.6 Å². The van der Waals surface area contributed by atoms with Gasteiger partial charge in [-0.1, -0.05) is 78.9 Å². The molecule has 9 rings (SSSR count). The van der Waals surface area contributed by atoms with Gasteiger partial charge in [-0.05, 0) is 99.4 Å². The molecule has 9 aromatic rings. The summed E-state index contributed by atoms with van der Waals surface area (Å²) >= 11 is 0. The first-order valence-corrected chi connectivity index (χ1v) is 15.3. The van der Waals surface area contributed by atoms with Crippen molar-refractivity contribution in [3.63, 3.8) is 0 Å². The molecule has 6 aromatic carbocycles. The fraction of sp³-hybridized carbons (Fsp3) is 0. The molecule has 3 aromatic heterocycles. The van der Waals surface area contributed by atoms with Crippen LogP contribution in [0.4, 0.5) is 0 Å². The highest BCUT2D eigenvalue weighted by molar-refractivity contribution is 6.20. The van der Waals surface area contributed by atoms with Crippen LogP contribution in [0.2, 0.25) is 0 Å². The molecular formula is C42H26N2O2. The van der Waals surface area contributed by atoms with Gasteiger partial charge in [0.2, 0.25) is 0 Å². The summed E-state index contributed by atoms with van der Waals surface area (Å²) in [6, 6.07) is 49.8. The summed E-state index contributed by atoms with van der Waals surface area (Å²) in [7, 11) is 0. The van der Waals surface area contributed by atoms with Gasteiger partial charge < -0.3 is 9.15 Å². The van der Waals surface area contributed by atoms with E-state index in [1.165, 1.54) is 27.3 Å². The van der Waals surface area contributed by atoms with E-state index in [2.05, 4.69) is 88.8 Å². The molecule has 0 aliphatic heterocycles. The molecule has 46 heavy (non-hydrogen) atoms. The molecular weight excluding hydrogens is 564 g/mol. The molecule has 0 N–H and O–H groups in total. The Balaban J connectivity index is 1.26. The highest BCUT2D eigenvalue weighted by atomic mass is 16.5. The van der Waals surface area contributed by atoms with Gasteiger partial charge in [0.25, 0.3) is 0 Å². The van der Waals surface area contributed by atoms with Crippen LogP contribution in [0.3, 0.4) is 0 Å². The zero-order valence-corrected chi connectivity index (χ0v) is 24.7. The number of aromatic nitrogens is 2. The van der Waals surface area contributed by atoms with Gasteiger partial charge in [0, 0.05) is 34.3 Å². The monoisotopic (exact) mass is 590 g/mol. The molecule has 0 atom stereocenters. The Bertz CT molecular complexity index is 2540. The summed E-state index contributed by atoms with van der Waals surface area (Å²) in [6.45, 7) is 0. The molecule has 4 nitrogen and oxygen atoms in total. The Kier molecular flexibility index (Phi) is 6.10. The van der Waals surface area contributed by atoms with Crippen LogP contribution >= 0.6 is 0 Å². The van der Waals surface area contributed by atoms with Gasteiger partial charge in [0.1, 0.15) is 22.7 Å². The smallest absolute Gasteiger partial charge is 0.145 e. The van der Waals surface area contributed by atoms with Crippen molar-refractivity contribution in [1.29, 1.82) is 0 Å². The van der Waals surface area contributed by atoms with Crippen LogP contribution in [-0.2, 0) is 0 Å². The standard InChI is InChI=1S/C42H26N2O2/c1-2-11-27(12-3-1)34-22-29-23-41-36(26-35(29)33-16-5-4-15-32(33)34)37-24-31(25-38(42(37)46-41)40-18-7-9-20-44-40)45-30-14-10-13-28(21-30)39-17-6-8-19-43-39/h1-26H. The van der Waals surface area contributed by atoms with Gasteiger partial charge in [-0.2, -0.15) is 0 Å². The van der Waals surface area contributed by atoms with Crippen LogP contribution < -0.4 is 4.74 Å². The second kappa shape index (κ2) is 10.7. The van der Waals surface area contributed by atoms with Gasteiger partial charge in [0.05, 0.1) is 11.4 Å². The minimum Gasteiger partial charge on any atom is -0.457 e. The lowest BCUT2D eigenvalue weighted by Crippen LogP contribution is -1.89. The number of ether oxygens (including phenoxy) is 1. The quantitative estimate of drug-likeness (QED) is 0.187. The molecule has 216 valence electrons. The molecule has 3 heterocycles. The van der Waals surface area contributed by atoms with E-state index in [-0.39, 0.29) is 0 Å². The second-order valence-corrected chi connectivity index (χ2v) is 11.4. The van der Waals surface area contributed by atoms with E-state index in [0.29, 0.717) is 5.75 Å². The van der Waals surface area contributed by atoms with Gasteiger partial charge in [-0.25, -0.2) is 0 Å². The predicted molar refractivity (Wildman–Crippen MR) is 187 cm³/mol. The first-order valence-electron chi connectivity index (χ1n) is 15.3. The largest absolute Gasteiger partial charge is 0.457 e. The number of fused-ring (bicyclic) bond motifs is 6. The summed E-state index contributed by atoms with van der Waals surface area (Å²) in [5.41, 5.74) is 7.59. The normalized spacial score (nSPS) is 11.5. The first kappa shape index (κ1) is 26.2. The van der Waals surface area contributed by atoms with Crippen LogP contribution in [-0.4, -0.2) is 9.97 Å². The Hall–Kier alpha value is -6.26. The van der Waals surface area contributed by atoms with Crippen molar-refractivity contribution in [2.75, 3.05) is 0 Å². The van der Waals surface area contributed by atoms with E-state index >= 15 is 0 Å². The van der Waals surface area contributed by atoms with E-state index in [4.69, 9.17) is 9.15 Å². The van der Waals surface area contributed by atoms with E-state index < -0.39 is 0 Å². The summed E-state index contributed by atoms with van der Waals surface area (Å²) in [5.74, 6) is 1.44. The second-order valence-electron chi connectivity index (χ2n) is 11.4. The predicted octanol–water partition coefficient (Wildman–Crippen LogP) is 11.5. The summed E-state index contributed by atoms with van der Waals surface area (Å²) in [4.78, 5) is 9.20. The van der Waals surface area contributed by atoms with Crippen LogP contribution in [0.15, 0.2) is 162 Å². The molecule has 0 spiro atoms. The highest BCUT2D eigenvalue weighted by Gasteiger charge is 2.18. The Morgan fingerprint density at radius 3 is 1.98 bits per heavy atom. The van der Waals surface area contributed by atoms with Gasteiger partial charge in [0.15, 0.2) is 0 Å². The molecule has 0 unspecified atom stereocenters. The van der Waals surface area contributed by atoms with Crippen molar-refractivity contribution in [2.24, 2.45) is 0 Å². The lowest BCUT2D eigenvalue weighted by atomic mass is 9.92. The third kappa shape index (κ3) is 4.47. The average molecular weight is 591 g/mol. The maximum absolute atomic E-state index is 6.68. The summed E-state index contributed by atoms with van der Waals surface area (Å²) < 4.78 is 13.2. The minimum absolute atomic E-state index is 0.707. The number of furan rings is 1. The fourth-order valence-corrected chi connectivity index (χ4v) is 6.47. The van der Waals surface area contributed by atoms with Crippen LogP contribution in [0.1, 0.15) is 0 Å². The van der Waals surface area contributed by atoms with Crippen molar-refractivity contribution >= 4 is 43.5 Å². The van der Waals surface area contributed by atoms with E-state index in [1.54, 1.807) is 12.4 Å². The number of benzene rings is 6. The van der Waals surface area contributed by atoms with Crippen molar-refractivity contribution in [2.45, 2.75) is 0 Å². The maximum Gasteiger partial charge on any atom is 0.145 e. The van der Waals surface area contributed by atoms with Gasteiger partial charge in [-0.3, -0.25) is 9.97 Å². The van der Waals surface area contributed by atoms with Crippen LogP contribution in [0, 0.1) is 0 Å². The molecule has 0 aliphatic rings. The lowest BCUT2D eigenvalue weighted by molar-refractivity contribution is 0.483. The number of hydrogen-bond acceptors (Lipinski definition) is 4. The van der Waals surface area contributed by atoms with E-state index in [1.807, 2.05) is 66.7 Å². The van der Waals surface area contributed by atoms with Crippen molar-refractivity contribution in [1.82, 2.24) is 9.97 Å². The average Bonchev–Trinajstić information content (AvgIpc) is 3.48. The Morgan fingerprint density at radius 2 is 1.17 bits per heavy atom. The van der Waals surface area contributed by atoms with Crippen LogP contribution in [0.25, 0.3) is 77.1 Å². The fourth-order valence-electron chi connectivity index (χ4n) is 6.47. The number of pyridine rings is 2. The number of nitrogens with zero attached hydrogens (tertiary/aromatic N) is 2. The Morgan fingerprint density at radius 1 is 0.435 bits per heavy atom. The van der Waals surface area contributed by atoms with Crippen LogP contribution in [0.5, 0.6) is 11.5 Å². The molecule has 0 bridgehead atoms. The molecule has 0 amide bonds. The topological polar surface area (TPSA) is 48.2 Å². The third-order valence-electron chi connectivity index (χ3n) is 8.58. The van der Waals surface area contributed by atoms with Gasteiger partial charge >= 0.3 is 0 Å². The molecule has 0 saturated carbocycles. The number of rotatable bonds is 5. The zero-order valence-electron chi connectivity index (χ0n) is 24.7. The SMILES string of the molecule is c1ccc(-c2cc3cc4oc5c(-c6ccccn6)cc(Oc6cccc(-c7ccccn7)c6)cc5c4cc3c3ccccc23)cc1. The van der Waals surface area contributed by atoms with Gasteiger partial charge in [-0.15, -0.1) is 0 Å². The highest BCUT2D eigenvalue weighted by Crippen LogP contribution is 2.43. The minimum atomic E-state index is 0.707. The summed E-state index contributed by atoms with van der Waals surface area (Å²) in [6.07, 6.45) is 3.61. The molecule has 0 radical (unpaired) electrons. The van der Waals surface area contributed by atoms with Crippen molar-refractivity contribution in [3.8, 4) is 45.1 Å². The molecule has 4 heteroatoms. The van der Waals surface area contributed by atoms with E-state index in [9.17, 15) is 0 Å². The third-order valence-corrected chi connectivity index (χ3v) is 8.58. The molecule has 0 fully saturated rings. The summed E-state index contributed by atoms with van der Waals surface area (Å²) in [5, 5.41) is 6.75. The Labute approximate surface area is 265 Å². The van der Waals surface area contributed by atoms with Crippen molar-refractivity contribution < 1.29 is 9.15 Å². The molecule has 0 saturated heterocycles. The van der Waals surface area contributed by atoms with Crippen molar-refractivity contribution in [3.05, 3.63) is 158 Å².